The normalized spacial score (nSPS) is 14.3. The predicted octanol–water partition coefficient (Wildman–Crippen LogP) is 3.51. The minimum Gasteiger partial charge on any atom is -0.497 e. The molecule has 0 aliphatic heterocycles. The highest BCUT2D eigenvalue weighted by Gasteiger charge is 2.24. The molecule has 0 unspecified atom stereocenters. The molecule has 0 radical (unpaired) electrons. The minimum absolute atomic E-state index is 0.0394. The second-order valence-electron chi connectivity index (χ2n) is 6.15. The summed E-state index contributed by atoms with van der Waals surface area (Å²) < 4.78 is 7.57. The lowest BCUT2D eigenvalue weighted by Crippen LogP contribution is -2.26. The van der Waals surface area contributed by atoms with Crippen molar-refractivity contribution in [1.82, 2.24) is 9.88 Å². The van der Waals surface area contributed by atoms with Crippen LogP contribution in [0.3, 0.4) is 0 Å². The van der Waals surface area contributed by atoms with Gasteiger partial charge < -0.3 is 14.6 Å². The highest BCUT2D eigenvalue weighted by molar-refractivity contribution is 6.08. The van der Waals surface area contributed by atoms with Gasteiger partial charge in [0.1, 0.15) is 5.75 Å². The Labute approximate surface area is 131 Å². The number of hydrogen-bond acceptors (Lipinski definition) is 2. The van der Waals surface area contributed by atoms with E-state index in [0.717, 1.165) is 47.4 Å². The van der Waals surface area contributed by atoms with Gasteiger partial charge in [0.2, 0.25) is 0 Å². The summed E-state index contributed by atoms with van der Waals surface area (Å²) in [6.45, 7) is 5.91. The van der Waals surface area contributed by atoms with Gasteiger partial charge in [0.25, 0.3) is 5.91 Å². The number of nitrogens with one attached hydrogen (secondary N) is 1. The van der Waals surface area contributed by atoms with E-state index in [1.807, 2.05) is 19.1 Å². The van der Waals surface area contributed by atoms with E-state index in [2.05, 4.69) is 22.9 Å². The molecular weight excluding hydrogens is 276 g/mol. The van der Waals surface area contributed by atoms with E-state index >= 15 is 0 Å². The second-order valence-corrected chi connectivity index (χ2v) is 6.15. The molecule has 4 heteroatoms. The van der Waals surface area contributed by atoms with E-state index in [1.165, 1.54) is 12.8 Å². The van der Waals surface area contributed by atoms with Crippen LogP contribution in [0.5, 0.6) is 5.75 Å². The highest BCUT2D eigenvalue weighted by Crippen LogP contribution is 2.31. The molecule has 3 rings (SSSR count). The van der Waals surface area contributed by atoms with Gasteiger partial charge in [-0.1, -0.05) is 6.92 Å². The summed E-state index contributed by atoms with van der Waals surface area (Å²) in [6.07, 6.45) is 3.52. The molecule has 22 heavy (non-hydrogen) atoms. The molecule has 1 aliphatic carbocycles. The Morgan fingerprint density at radius 3 is 2.82 bits per heavy atom. The zero-order chi connectivity index (χ0) is 15.7. The van der Waals surface area contributed by atoms with Crippen molar-refractivity contribution < 1.29 is 9.53 Å². The molecular formula is C18H24N2O2. The molecule has 1 amide bonds. The largest absolute Gasteiger partial charge is 0.497 e. The van der Waals surface area contributed by atoms with E-state index in [1.54, 1.807) is 7.11 Å². The summed E-state index contributed by atoms with van der Waals surface area (Å²) in [5, 5.41) is 4.08. The Bertz CT molecular complexity index is 699. The molecule has 0 saturated heterocycles. The molecule has 1 fully saturated rings. The van der Waals surface area contributed by atoms with E-state index in [4.69, 9.17) is 4.74 Å². The smallest absolute Gasteiger partial charge is 0.253 e. The average Bonchev–Trinajstić information content (AvgIpc) is 3.31. The molecule has 0 bridgehead atoms. The molecule has 1 aromatic heterocycles. The van der Waals surface area contributed by atoms with Crippen LogP contribution >= 0.6 is 0 Å². The summed E-state index contributed by atoms with van der Waals surface area (Å²) in [7, 11) is 1.66. The van der Waals surface area contributed by atoms with Gasteiger partial charge in [-0.25, -0.2) is 0 Å². The molecule has 1 N–H and O–H groups in total. The van der Waals surface area contributed by atoms with Gasteiger partial charge >= 0.3 is 0 Å². The topological polar surface area (TPSA) is 43.3 Å². The summed E-state index contributed by atoms with van der Waals surface area (Å²) in [6, 6.07) is 5.98. The first-order valence-corrected chi connectivity index (χ1v) is 8.10. The number of methoxy groups -OCH3 is 1. The van der Waals surface area contributed by atoms with Crippen LogP contribution in [0.15, 0.2) is 18.2 Å². The van der Waals surface area contributed by atoms with Gasteiger partial charge in [-0.3, -0.25) is 4.79 Å². The molecule has 0 atom stereocenters. The second kappa shape index (κ2) is 6.03. The van der Waals surface area contributed by atoms with Crippen LogP contribution in [0.2, 0.25) is 0 Å². The monoisotopic (exact) mass is 300 g/mol. The molecule has 1 aliphatic rings. The van der Waals surface area contributed by atoms with E-state index < -0.39 is 0 Å². The summed E-state index contributed by atoms with van der Waals surface area (Å²) >= 11 is 0. The third-order valence-corrected chi connectivity index (χ3v) is 4.45. The van der Waals surface area contributed by atoms with Crippen LogP contribution in [0.1, 0.15) is 42.2 Å². The lowest BCUT2D eigenvalue weighted by atomic mass is 10.1. The number of nitrogens with zero attached hydrogens (tertiary/aromatic N) is 1. The number of carbonyl (C=O) groups is 1. The molecule has 0 spiro atoms. The highest BCUT2D eigenvalue weighted by atomic mass is 16.5. The maximum atomic E-state index is 12.7. The lowest BCUT2D eigenvalue weighted by molar-refractivity contribution is 0.0952. The number of amides is 1. The van der Waals surface area contributed by atoms with Crippen molar-refractivity contribution >= 4 is 16.8 Å². The SMILES string of the molecule is CCCn1c(C)c(C(=O)NCC2CC2)c2cc(OC)ccc21. The average molecular weight is 300 g/mol. The Balaban J connectivity index is 2.04. The molecule has 4 nitrogen and oxygen atoms in total. The first-order chi connectivity index (χ1) is 10.7. The fourth-order valence-corrected chi connectivity index (χ4v) is 3.03. The lowest BCUT2D eigenvalue weighted by Gasteiger charge is -2.07. The van der Waals surface area contributed by atoms with Gasteiger partial charge in [0, 0.05) is 29.7 Å². The van der Waals surface area contributed by atoms with E-state index in [9.17, 15) is 4.79 Å². The van der Waals surface area contributed by atoms with Crippen molar-refractivity contribution in [2.24, 2.45) is 5.92 Å². The van der Waals surface area contributed by atoms with Crippen LogP contribution in [-0.2, 0) is 6.54 Å². The number of fused-ring (bicyclic) bond motifs is 1. The van der Waals surface area contributed by atoms with E-state index in [-0.39, 0.29) is 5.91 Å². The van der Waals surface area contributed by atoms with Crippen molar-refractivity contribution in [3.63, 3.8) is 0 Å². The number of carbonyl (C=O) groups excluding carboxylic acids is 1. The van der Waals surface area contributed by atoms with Crippen LogP contribution in [-0.4, -0.2) is 24.1 Å². The molecule has 1 saturated carbocycles. The summed E-state index contributed by atoms with van der Waals surface area (Å²) in [4.78, 5) is 12.7. The predicted molar refractivity (Wildman–Crippen MR) is 88.6 cm³/mol. The van der Waals surface area contributed by atoms with Crippen molar-refractivity contribution in [2.45, 2.75) is 39.7 Å². The number of rotatable bonds is 6. The van der Waals surface area contributed by atoms with Gasteiger partial charge in [0.15, 0.2) is 0 Å². The van der Waals surface area contributed by atoms with Gasteiger partial charge in [-0.2, -0.15) is 0 Å². The minimum atomic E-state index is 0.0394. The molecule has 1 aromatic carbocycles. The zero-order valence-corrected chi connectivity index (χ0v) is 13.6. The number of ether oxygens (including phenoxy) is 1. The van der Waals surface area contributed by atoms with Crippen LogP contribution < -0.4 is 10.1 Å². The van der Waals surface area contributed by atoms with Gasteiger partial charge in [-0.05, 0) is 50.3 Å². The molecule has 2 aromatic rings. The molecule has 118 valence electrons. The third kappa shape index (κ3) is 2.70. The number of aryl methyl sites for hydroxylation is 1. The van der Waals surface area contributed by atoms with E-state index in [0.29, 0.717) is 5.92 Å². The first kappa shape index (κ1) is 14.9. The third-order valence-electron chi connectivity index (χ3n) is 4.45. The zero-order valence-electron chi connectivity index (χ0n) is 13.6. The van der Waals surface area contributed by atoms with Crippen LogP contribution in [0.4, 0.5) is 0 Å². The fourth-order valence-electron chi connectivity index (χ4n) is 3.03. The Morgan fingerprint density at radius 2 is 2.18 bits per heavy atom. The Kier molecular flexibility index (Phi) is 4.10. The molecule has 1 heterocycles. The maximum absolute atomic E-state index is 12.7. The summed E-state index contributed by atoms with van der Waals surface area (Å²) in [5.41, 5.74) is 2.94. The van der Waals surface area contributed by atoms with Gasteiger partial charge in [-0.15, -0.1) is 0 Å². The van der Waals surface area contributed by atoms with Crippen molar-refractivity contribution in [2.75, 3.05) is 13.7 Å². The van der Waals surface area contributed by atoms with Crippen molar-refractivity contribution in [1.29, 1.82) is 0 Å². The number of hydrogen-bond donors (Lipinski definition) is 1. The number of benzene rings is 1. The van der Waals surface area contributed by atoms with Crippen LogP contribution in [0, 0.1) is 12.8 Å². The van der Waals surface area contributed by atoms with Crippen molar-refractivity contribution in [3.8, 4) is 5.75 Å². The maximum Gasteiger partial charge on any atom is 0.253 e. The Hall–Kier alpha value is -1.97. The van der Waals surface area contributed by atoms with Crippen molar-refractivity contribution in [3.05, 3.63) is 29.5 Å². The standard InChI is InChI=1S/C18H24N2O2/c1-4-9-20-12(2)17(18(21)19-11-13-5-6-13)15-10-14(22-3)7-8-16(15)20/h7-8,10,13H,4-6,9,11H2,1-3H3,(H,19,21). The Morgan fingerprint density at radius 1 is 1.41 bits per heavy atom. The number of aromatic nitrogens is 1. The fraction of sp³-hybridized carbons (Fsp3) is 0.500. The summed E-state index contributed by atoms with van der Waals surface area (Å²) in [5.74, 6) is 1.51. The first-order valence-electron chi connectivity index (χ1n) is 8.10. The quantitative estimate of drug-likeness (QED) is 0.887. The van der Waals surface area contributed by atoms with Crippen LogP contribution in [0.25, 0.3) is 10.9 Å². The van der Waals surface area contributed by atoms with Gasteiger partial charge in [0.05, 0.1) is 12.7 Å².